The summed E-state index contributed by atoms with van der Waals surface area (Å²) >= 11 is 0. The van der Waals surface area contributed by atoms with Crippen molar-refractivity contribution in [2.24, 2.45) is 0 Å². The Morgan fingerprint density at radius 2 is 0.902 bits per heavy atom. The van der Waals surface area contributed by atoms with Crippen LogP contribution in [0.15, 0.2) is 126 Å². The molecular formula is C36H20N4O. The molecule has 0 saturated carbocycles. The third kappa shape index (κ3) is 4.48. The maximum atomic E-state index is 9.29. The summed E-state index contributed by atoms with van der Waals surface area (Å²) in [5.74, 6) is 0. The molecule has 0 saturated heterocycles. The highest BCUT2D eigenvalue weighted by Crippen LogP contribution is 2.36. The lowest BCUT2D eigenvalue weighted by Crippen LogP contribution is -1.86. The number of nitriles is 2. The van der Waals surface area contributed by atoms with Crippen molar-refractivity contribution in [1.82, 2.24) is 9.97 Å². The topological polar surface area (TPSA) is 86.5 Å². The summed E-state index contributed by atoms with van der Waals surface area (Å²) in [6.45, 7) is 0. The van der Waals surface area contributed by atoms with E-state index in [4.69, 9.17) is 4.42 Å². The molecule has 0 fully saturated rings. The van der Waals surface area contributed by atoms with Crippen molar-refractivity contribution in [1.29, 1.82) is 10.5 Å². The molecule has 5 heteroatoms. The molecule has 0 radical (unpaired) electrons. The molecule has 7 aromatic rings. The summed E-state index contributed by atoms with van der Waals surface area (Å²) in [7, 11) is 0. The number of furan rings is 1. The zero-order chi connectivity index (χ0) is 27.8. The van der Waals surface area contributed by atoms with Gasteiger partial charge < -0.3 is 4.42 Å². The molecule has 0 aliphatic heterocycles. The molecule has 190 valence electrons. The van der Waals surface area contributed by atoms with E-state index in [0.717, 1.165) is 66.7 Å². The molecule has 0 atom stereocenters. The smallest absolute Gasteiger partial charge is 0.135 e. The summed E-state index contributed by atoms with van der Waals surface area (Å²) in [5, 5.41) is 20.6. The van der Waals surface area contributed by atoms with Crippen LogP contribution in [0.25, 0.3) is 66.7 Å². The minimum atomic E-state index is 0.583. The van der Waals surface area contributed by atoms with Crippen LogP contribution in [0.5, 0.6) is 0 Å². The van der Waals surface area contributed by atoms with Gasteiger partial charge in [-0.1, -0.05) is 48.5 Å². The van der Waals surface area contributed by atoms with Gasteiger partial charge in [-0.25, -0.2) is 0 Å². The van der Waals surface area contributed by atoms with E-state index in [-0.39, 0.29) is 0 Å². The molecular weight excluding hydrogens is 504 g/mol. The van der Waals surface area contributed by atoms with Crippen LogP contribution in [-0.4, -0.2) is 9.97 Å². The van der Waals surface area contributed by atoms with Crippen molar-refractivity contribution in [2.45, 2.75) is 0 Å². The van der Waals surface area contributed by atoms with Crippen LogP contribution < -0.4 is 0 Å². The van der Waals surface area contributed by atoms with E-state index < -0.39 is 0 Å². The lowest BCUT2D eigenvalue weighted by atomic mass is 9.97. The first-order chi connectivity index (χ1) is 20.2. The Labute approximate surface area is 236 Å². The Balaban J connectivity index is 1.29. The zero-order valence-corrected chi connectivity index (χ0v) is 21.7. The monoisotopic (exact) mass is 524 g/mol. The van der Waals surface area contributed by atoms with Crippen LogP contribution in [0, 0.1) is 22.7 Å². The molecule has 0 N–H and O–H groups in total. The maximum absolute atomic E-state index is 9.29. The van der Waals surface area contributed by atoms with Crippen LogP contribution in [0.3, 0.4) is 0 Å². The first kappa shape index (κ1) is 24.0. The SMILES string of the molecule is N#Cc1ccnc(-c2cccc(-c3ccc4oc5ccc(-c6cccc(-c7cc(C#N)ccn7)c6)cc5c4c3)c2)c1. The van der Waals surface area contributed by atoms with Gasteiger partial charge in [0, 0.05) is 34.3 Å². The molecule has 5 nitrogen and oxygen atoms in total. The number of pyridine rings is 2. The molecule has 7 rings (SSSR count). The van der Waals surface area contributed by atoms with Gasteiger partial charge in [-0.3, -0.25) is 9.97 Å². The Morgan fingerprint density at radius 1 is 0.463 bits per heavy atom. The predicted octanol–water partition coefficient (Wildman–Crippen LogP) is 8.79. The highest BCUT2D eigenvalue weighted by Gasteiger charge is 2.12. The summed E-state index contributed by atoms with van der Waals surface area (Å²) in [6.07, 6.45) is 3.33. The van der Waals surface area contributed by atoms with Gasteiger partial charge in [0.25, 0.3) is 0 Å². The molecule has 0 aliphatic rings. The molecule has 0 unspecified atom stereocenters. The van der Waals surface area contributed by atoms with Gasteiger partial charge in [-0.2, -0.15) is 10.5 Å². The van der Waals surface area contributed by atoms with E-state index in [9.17, 15) is 10.5 Å². The number of aromatic nitrogens is 2. The van der Waals surface area contributed by atoms with Crippen LogP contribution in [0.4, 0.5) is 0 Å². The summed E-state index contributed by atoms with van der Waals surface area (Å²) < 4.78 is 6.19. The van der Waals surface area contributed by atoms with Crippen LogP contribution in [0.2, 0.25) is 0 Å². The summed E-state index contributed by atoms with van der Waals surface area (Å²) in [5.41, 5.74) is 10.5. The minimum Gasteiger partial charge on any atom is -0.456 e. The fourth-order valence-corrected chi connectivity index (χ4v) is 5.17. The average molecular weight is 525 g/mol. The van der Waals surface area contributed by atoms with Crippen LogP contribution in [-0.2, 0) is 0 Å². The second-order valence-electron chi connectivity index (χ2n) is 9.77. The number of fused-ring (bicyclic) bond motifs is 3. The van der Waals surface area contributed by atoms with Gasteiger partial charge in [0.05, 0.1) is 34.7 Å². The maximum Gasteiger partial charge on any atom is 0.135 e. The molecule has 3 aromatic heterocycles. The standard InChI is InChI=1S/C36H20N4O/c37-21-23-11-13-39-33(15-23)29-5-1-3-25(17-29)27-7-9-35-31(19-27)32-20-28(8-10-36(32)41-35)26-4-2-6-30(18-26)34-16-24(22-38)12-14-40-34/h1-20H. The minimum absolute atomic E-state index is 0.583. The van der Waals surface area contributed by atoms with Crippen molar-refractivity contribution < 1.29 is 4.42 Å². The third-order valence-corrected chi connectivity index (χ3v) is 7.23. The predicted molar refractivity (Wildman–Crippen MR) is 160 cm³/mol. The number of benzene rings is 4. The van der Waals surface area contributed by atoms with Crippen molar-refractivity contribution in [2.75, 3.05) is 0 Å². The van der Waals surface area contributed by atoms with E-state index in [1.807, 2.05) is 36.4 Å². The Bertz CT molecular complexity index is 2040. The highest BCUT2D eigenvalue weighted by molar-refractivity contribution is 6.07. The van der Waals surface area contributed by atoms with Crippen molar-refractivity contribution in [3.63, 3.8) is 0 Å². The Morgan fingerprint density at radius 3 is 1.37 bits per heavy atom. The second-order valence-corrected chi connectivity index (χ2v) is 9.77. The number of hydrogen-bond donors (Lipinski definition) is 0. The van der Waals surface area contributed by atoms with Gasteiger partial charge >= 0.3 is 0 Å². The van der Waals surface area contributed by atoms with E-state index in [1.54, 1.807) is 36.7 Å². The molecule has 0 bridgehead atoms. The van der Waals surface area contributed by atoms with E-state index >= 15 is 0 Å². The first-order valence-electron chi connectivity index (χ1n) is 13.1. The average Bonchev–Trinajstić information content (AvgIpc) is 3.42. The fraction of sp³-hybridized carbons (Fsp3) is 0. The molecule has 0 aliphatic carbocycles. The van der Waals surface area contributed by atoms with Crippen molar-refractivity contribution >= 4 is 21.9 Å². The van der Waals surface area contributed by atoms with E-state index in [0.29, 0.717) is 11.1 Å². The van der Waals surface area contributed by atoms with Gasteiger partial charge in [0.1, 0.15) is 11.2 Å². The number of nitrogens with zero attached hydrogens (tertiary/aromatic N) is 4. The molecule has 41 heavy (non-hydrogen) atoms. The largest absolute Gasteiger partial charge is 0.456 e. The summed E-state index contributed by atoms with van der Waals surface area (Å²) in [6, 6.07) is 40.3. The van der Waals surface area contributed by atoms with Crippen molar-refractivity contribution in [3.8, 4) is 56.9 Å². The van der Waals surface area contributed by atoms with Gasteiger partial charge in [-0.15, -0.1) is 0 Å². The van der Waals surface area contributed by atoms with Crippen LogP contribution in [0.1, 0.15) is 11.1 Å². The van der Waals surface area contributed by atoms with E-state index in [1.165, 1.54) is 0 Å². The van der Waals surface area contributed by atoms with Gasteiger partial charge in [0.15, 0.2) is 0 Å². The summed E-state index contributed by atoms with van der Waals surface area (Å²) in [4.78, 5) is 8.93. The molecule has 0 amide bonds. The first-order valence-corrected chi connectivity index (χ1v) is 13.1. The lowest BCUT2D eigenvalue weighted by molar-refractivity contribution is 0.669. The van der Waals surface area contributed by atoms with E-state index in [2.05, 4.69) is 70.6 Å². The normalized spacial score (nSPS) is 10.9. The quantitative estimate of drug-likeness (QED) is 0.230. The number of hydrogen-bond acceptors (Lipinski definition) is 5. The zero-order valence-electron chi connectivity index (χ0n) is 21.7. The highest BCUT2D eigenvalue weighted by atomic mass is 16.3. The van der Waals surface area contributed by atoms with Gasteiger partial charge in [-0.05, 0) is 82.9 Å². The van der Waals surface area contributed by atoms with Gasteiger partial charge in [0.2, 0.25) is 0 Å². The fourth-order valence-electron chi connectivity index (χ4n) is 5.17. The molecule has 4 aromatic carbocycles. The number of rotatable bonds is 4. The molecule has 3 heterocycles. The lowest BCUT2D eigenvalue weighted by Gasteiger charge is -2.07. The van der Waals surface area contributed by atoms with Crippen LogP contribution >= 0.6 is 0 Å². The second kappa shape index (κ2) is 9.93. The van der Waals surface area contributed by atoms with Crippen molar-refractivity contribution in [3.05, 3.63) is 133 Å². The Hall–Kier alpha value is -6.04. The third-order valence-electron chi connectivity index (χ3n) is 7.23. The Kier molecular flexibility index (Phi) is 5.82. The molecule has 0 spiro atoms.